The van der Waals surface area contributed by atoms with Crippen LogP contribution in [0.3, 0.4) is 0 Å². The van der Waals surface area contributed by atoms with Crippen LogP contribution in [0.4, 0.5) is 11.4 Å². The summed E-state index contributed by atoms with van der Waals surface area (Å²) in [6.07, 6.45) is 0. The van der Waals surface area contributed by atoms with Crippen LogP contribution in [-0.2, 0) is 0 Å². The minimum atomic E-state index is 0.207. The number of nitrogens with zero attached hydrogens (tertiary/aromatic N) is 4. The third-order valence-corrected chi connectivity index (χ3v) is 3.26. The van der Waals surface area contributed by atoms with Crippen molar-refractivity contribution >= 4 is 28.7 Å². The van der Waals surface area contributed by atoms with Crippen molar-refractivity contribution in [2.75, 3.05) is 0 Å². The Morgan fingerprint density at radius 3 is 2.50 bits per heavy atom. The van der Waals surface area contributed by atoms with Gasteiger partial charge in [0.15, 0.2) is 5.11 Å². The molecule has 2 rings (SSSR count). The highest BCUT2D eigenvalue weighted by Crippen LogP contribution is 2.27. The number of rotatable bonds is 2. The zero-order valence-electron chi connectivity index (χ0n) is 12.0. The highest BCUT2D eigenvalue weighted by atomic mass is 32.1. The van der Waals surface area contributed by atoms with Gasteiger partial charge < -0.3 is 5.73 Å². The quantitative estimate of drug-likeness (QED) is 0.677. The number of azo groups is 1. The first-order valence-corrected chi connectivity index (χ1v) is 6.66. The van der Waals surface area contributed by atoms with Crippen LogP contribution in [0.15, 0.2) is 28.4 Å². The third kappa shape index (κ3) is 2.75. The normalized spacial score (nSPS) is 11.2. The molecule has 6 heteroatoms. The lowest BCUT2D eigenvalue weighted by molar-refractivity contribution is 0.886. The van der Waals surface area contributed by atoms with Crippen LogP contribution in [-0.4, -0.2) is 14.9 Å². The number of thiocarbonyl (C=S) groups is 1. The van der Waals surface area contributed by atoms with E-state index in [4.69, 9.17) is 18.0 Å². The fraction of sp³-hybridized carbons (Fsp3) is 0.286. The number of nitrogens with two attached hydrogens (primary N) is 1. The lowest BCUT2D eigenvalue weighted by Crippen LogP contribution is -2.21. The summed E-state index contributed by atoms with van der Waals surface area (Å²) in [5.74, 6) is 0. The van der Waals surface area contributed by atoms with Crippen molar-refractivity contribution in [2.45, 2.75) is 27.7 Å². The van der Waals surface area contributed by atoms with Crippen molar-refractivity contribution in [3.63, 3.8) is 0 Å². The standard InChI is InChI=1S/C14H17N5S/c1-8-5-6-9(2)12(7-8)16-17-13-10(3)18-19(11(13)4)14(15)20/h5-7H,1-4H3,(H2,15,20). The van der Waals surface area contributed by atoms with E-state index in [0.717, 1.165) is 28.2 Å². The van der Waals surface area contributed by atoms with Crippen molar-refractivity contribution < 1.29 is 0 Å². The molecule has 0 fully saturated rings. The van der Waals surface area contributed by atoms with Gasteiger partial charge >= 0.3 is 0 Å². The van der Waals surface area contributed by atoms with E-state index in [1.165, 1.54) is 4.68 Å². The molecule has 104 valence electrons. The lowest BCUT2D eigenvalue weighted by Gasteiger charge is -2.01. The van der Waals surface area contributed by atoms with Crippen LogP contribution in [0.1, 0.15) is 22.5 Å². The van der Waals surface area contributed by atoms with Crippen LogP contribution in [0, 0.1) is 27.7 Å². The van der Waals surface area contributed by atoms with E-state index < -0.39 is 0 Å². The van der Waals surface area contributed by atoms with Gasteiger partial charge in [-0.1, -0.05) is 12.1 Å². The summed E-state index contributed by atoms with van der Waals surface area (Å²) in [7, 11) is 0. The van der Waals surface area contributed by atoms with Crippen molar-refractivity contribution in [3.8, 4) is 0 Å². The summed E-state index contributed by atoms with van der Waals surface area (Å²) in [5, 5.41) is 13.1. The molecule has 0 radical (unpaired) electrons. The summed E-state index contributed by atoms with van der Waals surface area (Å²) in [6, 6.07) is 6.08. The Kier molecular flexibility index (Phi) is 3.94. The monoisotopic (exact) mass is 287 g/mol. The Bertz CT molecular complexity index is 700. The van der Waals surface area contributed by atoms with Crippen molar-refractivity contribution in [1.29, 1.82) is 0 Å². The van der Waals surface area contributed by atoms with Crippen LogP contribution in [0.2, 0.25) is 0 Å². The summed E-state index contributed by atoms with van der Waals surface area (Å²) in [6.45, 7) is 7.77. The smallest absolute Gasteiger partial charge is 0.191 e. The van der Waals surface area contributed by atoms with E-state index in [9.17, 15) is 0 Å². The van der Waals surface area contributed by atoms with Gasteiger partial charge in [-0.15, -0.1) is 5.11 Å². The molecule has 0 aliphatic heterocycles. The summed E-state index contributed by atoms with van der Waals surface area (Å²) < 4.78 is 1.50. The topological polar surface area (TPSA) is 68.6 Å². The number of hydrogen-bond donors (Lipinski definition) is 1. The predicted molar refractivity (Wildman–Crippen MR) is 84.0 cm³/mol. The van der Waals surface area contributed by atoms with Crippen LogP contribution < -0.4 is 5.73 Å². The Morgan fingerprint density at radius 2 is 1.90 bits per heavy atom. The molecule has 1 aromatic carbocycles. The van der Waals surface area contributed by atoms with E-state index in [1.807, 2.05) is 39.8 Å². The maximum atomic E-state index is 5.61. The molecule has 0 atom stereocenters. The van der Waals surface area contributed by atoms with Crippen molar-refractivity contribution in [3.05, 3.63) is 40.7 Å². The molecule has 0 unspecified atom stereocenters. The molecule has 20 heavy (non-hydrogen) atoms. The first-order valence-electron chi connectivity index (χ1n) is 6.25. The largest absolute Gasteiger partial charge is 0.374 e. The summed E-state index contributed by atoms with van der Waals surface area (Å²) in [5.41, 5.74) is 10.9. The van der Waals surface area contributed by atoms with Gasteiger partial charge in [-0.25, -0.2) is 4.68 Å². The summed E-state index contributed by atoms with van der Waals surface area (Å²) in [4.78, 5) is 0. The van der Waals surface area contributed by atoms with Crippen LogP contribution in [0.25, 0.3) is 0 Å². The van der Waals surface area contributed by atoms with E-state index in [1.54, 1.807) is 0 Å². The Hall–Kier alpha value is -2.08. The fourth-order valence-corrected chi connectivity index (χ4v) is 2.10. The van der Waals surface area contributed by atoms with Gasteiger partial charge in [-0.2, -0.15) is 10.2 Å². The van der Waals surface area contributed by atoms with E-state index >= 15 is 0 Å². The highest BCUT2D eigenvalue weighted by Gasteiger charge is 2.12. The first-order chi connectivity index (χ1) is 9.40. The second-order valence-electron chi connectivity index (χ2n) is 4.76. The molecule has 1 heterocycles. The zero-order valence-corrected chi connectivity index (χ0v) is 12.8. The van der Waals surface area contributed by atoms with E-state index in [2.05, 4.69) is 21.4 Å². The average Bonchev–Trinajstić information content (AvgIpc) is 2.67. The summed E-state index contributed by atoms with van der Waals surface area (Å²) >= 11 is 4.94. The van der Waals surface area contributed by atoms with Crippen LogP contribution >= 0.6 is 12.2 Å². The van der Waals surface area contributed by atoms with Crippen LogP contribution in [0.5, 0.6) is 0 Å². The van der Waals surface area contributed by atoms with Crippen molar-refractivity contribution in [2.24, 2.45) is 16.0 Å². The average molecular weight is 287 g/mol. The fourth-order valence-electron chi connectivity index (χ4n) is 1.92. The molecule has 0 saturated carbocycles. The van der Waals surface area contributed by atoms with E-state index in [-0.39, 0.29) is 5.11 Å². The molecule has 0 saturated heterocycles. The molecule has 0 amide bonds. The number of hydrogen-bond acceptors (Lipinski definition) is 4. The molecule has 1 aromatic heterocycles. The SMILES string of the molecule is Cc1ccc(C)c(N=Nc2c(C)nn(C(N)=S)c2C)c1. The first kappa shape index (κ1) is 14.3. The third-order valence-electron chi connectivity index (χ3n) is 3.08. The van der Waals surface area contributed by atoms with Gasteiger partial charge in [0.1, 0.15) is 5.69 Å². The molecule has 0 spiro atoms. The lowest BCUT2D eigenvalue weighted by atomic mass is 10.1. The zero-order chi connectivity index (χ0) is 14.9. The Morgan fingerprint density at radius 1 is 1.20 bits per heavy atom. The highest BCUT2D eigenvalue weighted by molar-refractivity contribution is 7.80. The van der Waals surface area contributed by atoms with Gasteiger partial charge in [0, 0.05) is 0 Å². The Balaban J connectivity index is 2.42. The van der Waals surface area contributed by atoms with Gasteiger partial charge in [0.05, 0.1) is 17.1 Å². The molecule has 2 aromatic rings. The number of benzene rings is 1. The van der Waals surface area contributed by atoms with Gasteiger partial charge in [0.2, 0.25) is 0 Å². The number of aryl methyl sites for hydroxylation is 3. The van der Waals surface area contributed by atoms with Gasteiger partial charge in [0.25, 0.3) is 0 Å². The molecule has 2 N–H and O–H groups in total. The second-order valence-corrected chi connectivity index (χ2v) is 5.18. The molecule has 0 aliphatic carbocycles. The predicted octanol–water partition coefficient (Wildman–Crippen LogP) is 3.62. The van der Waals surface area contributed by atoms with E-state index in [0.29, 0.717) is 5.69 Å². The number of aromatic nitrogens is 2. The van der Waals surface area contributed by atoms with Gasteiger partial charge in [-0.05, 0) is 57.1 Å². The maximum absolute atomic E-state index is 5.61. The minimum absolute atomic E-state index is 0.207. The molecular formula is C14H17N5S. The molecular weight excluding hydrogens is 270 g/mol. The second kappa shape index (κ2) is 5.50. The Labute approximate surface area is 123 Å². The maximum Gasteiger partial charge on any atom is 0.191 e. The van der Waals surface area contributed by atoms with Gasteiger partial charge in [-0.3, -0.25) is 0 Å². The molecule has 0 bridgehead atoms. The molecule has 0 aliphatic rings. The minimum Gasteiger partial charge on any atom is -0.374 e. The van der Waals surface area contributed by atoms with Crippen molar-refractivity contribution in [1.82, 2.24) is 9.78 Å². The molecule has 5 nitrogen and oxygen atoms in total.